The Morgan fingerprint density at radius 1 is 1.19 bits per heavy atom. The summed E-state index contributed by atoms with van der Waals surface area (Å²) in [7, 11) is 1.61. The highest BCUT2D eigenvalue weighted by Gasteiger charge is 2.08. The number of aromatic nitrogens is 2. The molecule has 1 N–H and O–H groups in total. The van der Waals surface area contributed by atoms with Gasteiger partial charge in [-0.3, -0.25) is 9.48 Å². The van der Waals surface area contributed by atoms with Gasteiger partial charge in [0.2, 0.25) is 0 Å². The van der Waals surface area contributed by atoms with Crippen molar-refractivity contribution >= 4 is 28.1 Å². The molecule has 0 aliphatic rings. The molecule has 7 heteroatoms. The Hall–Kier alpha value is -2.93. The molecule has 3 rings (SSSR count). The first-order valence-corrected chi connectivity index (χ1v) is 8.69. The lowest BCUT2D eigenvalue weighted by Crippen LogP contribution is -2.18. The Labute approximate surface area is 159 Å². The van der Waals surface area contributed by atoms with Gasteiger partial charge in [0.1, 0.15) is 5.75 Å². The quantitative estimate of drug-likeness (QED) is 0.497. The van der Waals surface area contributed by atoms with Crippen LogP contribution in [0.3, 0.4) is 0 Å². The molecule has 0 spiro atoms. The Balaban J connectivity index is 1.57. The van der Waals surface area contributed by atoms with Gasteiger partial charge in [-0.05, 0) is 53.6 Å². The van der Waals surface area contributed by atoms with Crippen LogP contribution in [-0.4, -0.2) is 29.0 Å². The lowest BCUT2D eigenvalue weighted by Gasteiger charge is -2.02. The summed E-state index contributed by atoms with van der Waals surface area (Å²) in [4.78, 5) is 12.1. The van der Waals surface area contributed by atoms with Crippen molar-refractivity contribution in [3.63, 3.8) is 0 Å². The third kappa shape index (κ3) is 4.80. The number of carbonyl (C=O) groups is 1. The number of methoxy groups -OCH3 is 1. The molecule has 0 bridgehead atoms. The standard InChI is InChI=1S/C19H17BrN4O2/c1-26-17-8-4-14(5-9-17)12-21-22-19(25)18-10-11-24(23-18)13-15-2-6-16(20)7-3-15/h2-12H,13H2,1H3,(H,22,25)/b21-12+. The Morgan fingerprint density at radius 2 is 1.92 bits per heavy atom. The van der Waals surface area contributed by atoms with E-state index < -0.39 is 0 Å². The molecule has 132 valence electrons. The molecule has 0 unspecified atom stereocenters. The fourth-order valence-corrected chi connectivity index (χ4v) is 2.52. The van der Waals surface area contributed by atoms with Crippen LogP contribution >= 0.6 is 15.9 Å². The zero-order valence-corrected chi connectivity index (χ0v) is 15.7. The lowest BCUT2D eigenvalue weighted by molar-refractivity contribution is 0.0949. The van der Waals surface area contributed by atoms with Crippen LogP contribution in [0.2, 0.25) is 0 Å². The predicted molar refractivity (Wildman–Crippen MR) is 104 cm³/mol. The molecule has 3 aromatic rings. The number of carbonyl (C=O) groups excluding carboxylic acids is 1. The van der Waals surface area contributed by atoms with E-state index in [0.717, 1.165) is 21.3 Å². The van der Waals surface area contributed by atoms with Crippen LogP contribution in [0.1, 0.15) is 21.6 Å². The minimum atomic E-state index is -0.357. The number of nitrogens with zero attached hydrogens (tertiary/aromatic N) is 3. The fraction of sp³-hybridized carbons (Fsp3) is 0.105. The van der Waals surface area contributed by atoms with Gasteiger partial charge in [0.25, 0.3) is 5.91 Å². The zero-order chi connectivity index (χ0) is 18.4. The number of hydrazone groups is 1. The summed E-state index contributed by atoms with van der Waals surface area (Å²) in [5, 5.41) is 8.24. The van der Waals surface area contributed by atoms with Crippen molar-refractivity contribution in [2.24, 2.45) is 5.10 Å². The average molecular weight is 413 g/mol. The van der Waals surface area contributed by atoms with Gasteiger partial charge in [-0.25, -0.2) is 5.43 Å². The van der Waals surface area contributed by atoms with Gasteiger partial charge in [-0.1, -0.05) is 28.1 Å². The molecule has 6 nitrogen and oxygen atoms in total. The van der Waals surface area contributed by atoms with Gasteiger partial charge in [-0.2, -0.15) is 10.2 Å². The third-order valence-electron chi connectivity index (χ3n) is 3.63. The van der Waals surface area contributed by atoms with Gasteiger partial charge in [0.15, 0.2) is 5.69 Å². The van der Waals surface area contributed by atoms with Crippen molar-refractivity contribution in [2.45, 2.75) is 6.54 Å². The highest BCUT2D eigenvalue weighted by Crippen LogP contribution is 2.12. The Bertz CT molecular complexity index is 902. The van der Waals surface area contributed by atoms with E-state index in [4.69, 9.17) is 4.74 Å². The van der Waals surface area contributed by atoms with Gasteiger partial charge < -0.3 is 4.74 Å². The molecule has 1 amide bonds. The molecule has 1 aromatic heterocycles. The maximum atomic E-state index is 12.1. The molecule has 0 radical (unpaired) electrons. The minimum Gasteiger partial charge on any atom is -0.497 e. The summed E-state index contributed by atoms with van der Waals surface area (Å²) in [6.45, 7) is 0.593. The van der Waals surface area contributed by atoms with Crippen LogP contribution in [0.15, 0.2) is 70.4 Å². The van der Waals surface area contributed by atoms with Crippen molar-refractivity contribution < 1.29 is 9.53 Å². The summed E-state index contributed by atoms with van der Waals surface area (Å²) in [6, 6.07) is 17.0. The molecule has 0 aliphatic carbocycles. The van der Waals surface area contributed by atoms with Gasteiger partial charge in [0, 0.05) is 10.7 Å². The van der Waals surface area contributed by atoms with Crippen molar-refractivity contribution in [3.8, 4) is 5.75 Å². The number of rotatable bonds is 6. The summed E-state index contributed by atoms with van der Waals surface area (Å²) in [5.74, 6) is 0.409. The number of ether oxygens (including phenoxy) is 1. The van der Waals surface area contributed by atoms with E-state index >= 15 is 0 Å². The fourth-order valence-electron chi connectivity index (χ4n) is 2.26. The van der Waals surface area contributed by atoms with Crippen molar-refractivity contribution in [1.29, 1.82) is 0 Å². The van der Waals surface area contributed by atoms with Crippen LogP contribution in [0, 0.1) is 0 Å². The maximum absolute atomic E-state index is 12.1. The number of benzene rings is 2. The molecule has 0 fully saturated rings. The molecule has 0 saturated carbocycles. The van der Waals surface area contributed by atoms with Crippen molar-refractivity contribution in [1.82, 2.24) is 15.2 Å². The normalized spacial score (nSPS) is 10.8. The number of hydrogen-bond donors (Lipinski definition) is 1. The number of amides is 1. The Kier molecular flexibility index (Phi) is 5.80. The molecule has 0 atom stereocenters. The van der Waals surface area contributed by atoms with Crippen LogP contribution in [0.5, 0.6) is 5.75 Å². The molecule has 26 heavy (non-hydrogen) atoms. The largest absolute Gasteiger partial charge is 0.497 e. The number of hydrogen-bond acceptors (Lipinski definition) is 4. The first-order chi connectivity index (χ1) is 12.6. The highest BCUT2D eigenvalue weighted by atomic mass is 79.9. The van der Waals surface area contributed by atoms with E-state index in [0.29, 0.717) is 12.2 Å². The van der Waals surface area contributed by atoms with Gasteiger partial charge in [-0.15, -0.1) is 0 Å². The molecular weight excluding hydrogens is 396 g/mol. The summed E-state index contributed by atoms with van der Waals surface area (Å²) in [6.07, 6.45) is 3.33. The molecule has 0 aliphatic heterocycles. The first kappa shape index (κ1) is 17.9. The topological polar surface area (TPSA) is 68.5 Å². The molecule has 2 aromatic carbocycles. The van der Waals surface area contributed by atoms with E-state index in [2.05, 4.69) is 31.6 Å². The van der Waals surface area contributed by atoms with E-state index in [1.165, 1.54) is 0 Å². The monoisotopic (exact) mass is 412 g/mol. The second-order valence-electron chi connectivity index (χ2n) is 5.50. The second-order valence-corrected chi connectivity index (χ2v) is 6.41. The summed E-state index contributed by atoms with van der Waals surface area (Å²) in [5.41, 5.74) is 4.74. The highest BCUT2D eigenvalue weighted by molar-refractivity contribution is 9.10. The van der Waals surface area contributed by atoms with E-state index in [-0.39, 0.29) is 5.91 Å². The predicted octanol–water partition coefficient (Wildman–Crippen LogP) is 3.47. The molecule has 0 saturated heterocycles. The summed E-state index contributed by atoms with van der Waals surface area (Å²) < 4.78 is 7.83. The van der Waals surface area contributed by atoms with E-state index in [1.807, 2.05) is 48.5 Å². The van der Waals surface area contributed by atoms with Gasteiger partial charge >= 0.3 is 0 Å². The lowest BCUT2D eigenvalue weighted by atomic mass is 10.2. The number of halogens is 1. The number of nitrogens with one attached hydrogen (secondary N) is 1. The van der Waals surface area contributed by atoms with E-state index in [9.17, 15) is 4.79 Å². The Morgan fingerprint density at radius 3 is 2.62 bits per heavy atom. The van der Waals surface area contributed by atoms with Crippen molar-refractivity contribution in [3.05, 3.63) is 82.1 Å². The third-order valence-corrected chi connectivity index (χ3v) is 4.16. The second kappa shape index (κ2) is 8.44. The average Bonchev–Trinajstić information content (AvgIpc) is 3.13. The SMILES string of the molecule is COc1ccc(/C=N/NC(=O)c2ccn(Cc3ccc(Br)cc3)n2)cc1. The maximum Gasteiger partial charge on any atom is 0.291 e. The van der Waals surface area contributed by atoms with Crippen LogP contribution in [-0.2, 0) is 6.54 Å². The van der Waals surface area contributed by atoms with Crippen molar-refractivity contribution in [2.75, 3.05) is 7.11 Å². The van der Waals surface area contributed by atoms with Crippen LogP contribution < -0.4 is 10.2 Å². The van der Waals surface area contributed by atoms with Crippen LogP contribution in [0.25, 0.3) is 0 Å². The first-order valence-electron chi connectivity index (χ1n) is 7.89. The molecular formula is C19H17BrN4O2. The van der Waals surface area contributed by atoms with E-state index in [1.54, 1.807) is 30.3 Å². The minimum absolute atomic E-state index is 0.314. The summed E-state index contributed by atoms with van der Waals surface area (Å²) >= 11 is 3.41. The smallest absolute Gasteiger partial charge is 0.291 e. The van der Waals surface area contributed by atoms with Gasteiger partial charge in [0.05, 0.1) is 19.9 Å². The zero-order valence-electron chi connectivity index (χ0n) is 14.1. The molecule has 1 heterocycles. The van der Waals surface area contributed by atoms with Crippen LogP contribution in [0.4, 0.5) is 0 Å².